The number of pyridine rings is 1. The van der Waals surface area contributed by atoms with Gasteiger partial charge in [0.25, 0.3) is 0 Å². The monoisotopic (exact) mass is 258 g/mol. The summed E-state index contributed by atoms with van der Waals surface area (Å²) >= 11 is 0. The number of aromatic nitrogens is 1. The summed E-state index contributed by atoms with van der Waals surface area (Å²) in [5, 5.41) is 3.25. The molecule has 0 radical (unpaired) electrons. The van der Waals surface area contributed by atoms with Crippen LogP contribution in [0.1, 0.15) is 5.56 Å². The van der Waals surface area contributed by atoms with Crippen LogP contribution in [0.2, 0.25) is 0 Å². The van der Waals surface area contributed by atoms with Crippen molar-refractivity contribution in [1.29, 1.82) is 0 Å². The lowest BCUT2D eigenvalue weighted by atomic mass is 10.1. The van der Waals surface area contributed by atoms with Crippen LogP contribution in [0.4, 0.5) is 23.0 Å². The van der Waals surface area contributed by atoms with Gasteiger partial charge in [0.2, 0.25) is 0 Å². The second-order valence-electron chi connectivity index (χ2n) is 4.20. The fourth-order valence-electron chi connectivity index (χ4n) is 1.77. The number of hydrogen-bond donors (Lipinski definition) is 3. The van der Waals surface area contributed by atoms with Gasteiger partial charge in [-0.1, -0.05) is 18.2 Å². The second kappa shape index (κ2) is 6.06. The number of nitrogens with two attached hydrogens (primary N) is 2. The lowest BCUT2D eigenvalue weighted by molar-refractivity contribution is 0.202. The smallest absolute Gasteiger partial charge is 0.149 e. The zero-order valence-corrected chi connectivity index (χ0v) is 10.9. The van der Waals surface area contributed by atoms with Crippen molar-refractivity contribution in [2.75, 3.05) is 30.5 Å². The van der Waals surface area contributed by atoms with E-state index < -0.39 is 0 Å². The van der Waals surface area contributed by atoms with Gasteiger partial charge >= 0.3 is 0 Å². The molecule has 100 valence electrons. The maximum Gasteiger partial charge on any atom is 0.149 e. The first kappa shape index (κ1) is 13.2. The number of nitrogens with zero attached hydrogens (tertiary/aromatic N) is 1. The summed E-state index contributed by atoms with van der Waals surface area (Å²) < 4.78 is 5.11. The van der Waals surface area contributed by atoms with Crippen LogP contribution in [0.3, 0.4) is 0 Å². The molecular formula is C14H18N4O. The van der Waals surface area contributed by atoms with Crippen molar-refractivity contribution >= 4 is 23.0 Å². The Morgan fingerprint density at radius 2 is 1.95 bits per heavy atom. The van der Waals surface area contributed by atoms with Gasteiger partial charge in [-0.15, -0.1) is 0 Å². The molecule has 0 atom stereocenters. The van der Waals surface area contributed by atoms with Gasteiger partial charge in [-0.3, -0.25) is 0 Å². The number of ether oxygens (including phenoxy) is 1. The molecule has 2 aromatic rings. The third kappa shape index (κ3) is 3.35. The van der Waals surface area contributed by atoms with Gasteiger partial charge in [0.05, 0.1) is 12.3 Å². The maximum atomic E-state index is 5.70. The average Bonchev–Trinajstić information content (AvgIpc) is 2.42. The van der Waals surface area contributed by atoms with E-state index in [1.54, 1.807) is 19.2 Å². The maximum absolute atomic E-state index is 5.70. The topological polar surface area (TPSA) is 86.2 Å². The first-order valence-electron chi connectivity index (χ1n) is 6.06. The molecule has 0 aliphatic heterocycles. The summed E-state index contributed by atoms with van der Waals surface area (Å²) in [4.78, 5) is 4.20. The molecule has 0 aliphatic carbocycles. The van der Waals surface area contributed by atoms with Gasteiger partial charge in [-0.25, -0.2) is 4.98 Å². The Balaban J connectivity index is 2.20. The summed E-state index contributed by atoms with van der Waals surface area (Å²) in [6.07, 6.45) is 0.837. The number of rotatable bonds is 5. The Kier molecular flexibility index (Phi) is 4.20. The van der Waals surface area contributed by atoms with Crippen molar-refractivity contribution in [3.05, 3.63) is 42.0 Å². The molecule has 0 fully saturated rings. The zero-order chi connectivity index (χ0) is 13.7. The fraction of sp³-hybridized carbons (Fsp3) is 0.214. The van der Waals surface area contributed by atoms with Gasteiger partial charge in [0, 0.05) is 12.8 Å². The summed E-state index contributed by atoms with van der Waals surface area (Å²) in [5.74, 6) is 1.01. The minimum atomic E-state index is 0.333. The van der Waals surface area contributed by atoms with Crippen LogP contribution >= 0.6 is 0 Å². The highest BCUT2D eigenvalue weighted by atomic mass is 16.5. The number of nitrogen functional groups attached to an aromatic ring is 2. The fourth-order valence-corrected chi connectivity index (χ4v) is 1.77. The molecule has 0 amide bonds. The molecule has 5 nitrogen and oxygen atoms in total. The Bertz CT molecular complexity index is 557. The standard InChI is InChI=1S/C14H18N4O/c1-19-9-8-10-4-2-3-5-12(10)17-13-7-6-11(15)14(16)18-13/h2-7H,8-9,15H2,1H3,(H3,16,17,18). The van der Waals surface area contributed by atoms with Crippen LogP contribution in [0, 0.1) is 0 Å². The average molecular weight is 258 g/mol. The van der Waals surface area contributed by atoms with Gasteiger partial charge < -0.3 is 21.5 Å². The van der Waals surface area contributed by atoms with Crippen LogP contribution in [-0.4, -0.2) is 18.7 Å². The third-order valence-corrected chi connectivity index (χ3v) is 2.81. The van der Waals surface area contributed by atoms with E-state index in [0.717, 1.165) is 12.1 Å². The van der Waals surface area contributed by atoms with E-state index in [9.17, 15) is 0 Å². The van der Waals surface area contributed by atoms with Crippen LogP contribution in [-0.2, 0) is 11.2 Å². The predicted molar refractivity (Wildman–Crippen MR) is 78.4 cm³/mol. The Morgan fingerprint density at radius 3 is 2.68 bits per heavy atom. The van der Waals surface area contributed by atoms with Crippen LogP contribution < -0.4 is 16.8 Å². The summed E-state index contributed by atoms with van der Waals surface area (Å²) in [6.45, 7) is 0.677. The van der Waals surface area contributed by atoms with Crippen LogP contribution in [0.15, 0.2) is 36.4 Å². The van der Waals surface area contributed by atoms with E-state index in [-0.39, 0.29) is 0 Å². The summed E-state index contributed by atoms with van der Waals surface area (Å²) in [5.41, 5.74) is 14.0. The van der Waals surface area contributed by atoms with Gasteiger partial charge in [-0.05, 0) is 30.2 Å². The number of benzene rings is 1. The number of methoxy groups -OCH3 is 1. The lowest BCUT2D eigenvalue weighted by Gasteiger charge is -2.12. The quantitative estimate of drug-likeness (QED) is 0.765. The normalized spacial score (nSPS) is 10.4. The van der Waals surface area contributed by atoms with E-state index in [4.69, 9.17) is 16.2 Å². The molecule has 19 heavy (non-hydrogen) atoms. The van der Waals surface area contributed by atoms with Gasteiger partial charge in [-0.2, -0.15) is 0 Å². The van der Waals surface area contributed by atoms with Crippen molar-refractivity contribution in [3.63, 3.8) is 0 Å². The Hall–Kier alpha value is -2.27. The molecule has 1 aromatic heterocycles. The lowest BCUT2D eigenvalue weighted by Crippen LogP contribution is -2.03. The van der Waals surface area contributed by atoms with E-state index in [1.165, 1.54) is 5.56 Å². The van der Waals surface area contributed by atoms with E-state index in [1.807, 2.05) is 18.2 Å². The minimum Gasteiger partial charge on any atom is -0.396 e. The number of anilines is 4. The molecule has 0 aliphatic rings. The Labute approximate surface area is 112 Å². The number of hydrogen-bond acceptors (Lipinski definition) is 5. The zero-order valence-electron chi connectivity index (χ0n) is 10.9. The van der Waals surface area contributed by atoms with Crippen molar-refractivity contribution in [2.24, 2.45) is 0 Å². The first-order chi connectivity index (χ1) is 9.20. The summed E-state index contributed by atoms with van der Waals surface area (Å²) in [7, 11) is 1.69. The molecule has 5 N–H and O–H groups in total. The SMILES string of the molecule is COCCc1ccccc1Nc1ccc(N)c(N)n1. The number of nitrogens with one attached hydrogen (secondary N) is 1. The largest absolute Gasteiger partial charge is 0.396 e. The second-order valence-corrected chi connectivity index (χ2v) is 4.20. The van der Waals surface area contributed by atoms with Crippen molar-refractivity contribution in [1.82, 2.24) is 4.98 Å². The molecule has 0 saturated heterocycles. The number of para-hydroxylation sites is 1. The highest BCUT2D eigenvalue weighted by Crippen LogP contribution is 2.22. The molecule has 5 heteroatoms. The molecule has 2 rings (SSSR count). The minimum absolute atomic E-state index is 0.333. The molecule has 0 bridgehead atoms. The van der Waals surface area contributed by atoms with Gasteiger partial charge in [0.1, 0.15) is 11.6 Å². The van der Waals surface area contributed by atoms with Crippen molar-refractivity contribution < 1.29 is 4.74 Å². The highest BCUT2D eigenvalue weighted by Gasteiger charge is 2.04. The van der Waals surface area contributed by atoms with Crippen molar-refractivity contribution in [2.45, 2.75) is 6.42 Å². The van der Waals surface area contributed by atoms with Gasteiger partial charge in [0.15, 0.2) is 0 Å². The molecule has 0 spiro atoms. The van der Waals surface area contributed by atoms with E-state index in [2.05, 4.69) is 16.4 Å². The molecule has 0 unspecified atom stereocenters. The summed E-state index contributed by atoms with van der Waals surface area (Å²) in [6, 6.07) is 11.6. The molecule has 1 aromatic carbocycles. The van der Waals surface area contributed by atoms with E-state index >= 15 is 0 Å². The molecule has 0 saturated carbocycles. The van der Waals surface area contributed by atoms with Crippen molar-refractivity contribution in [3.8, 4) is 0 Å². The van der Waals surface area contributed by atoms with Crippen LogP contribution in [0.5, 0.6) is 0 Å². The molecular weight excluding hydrogens is 240 g/mol. The first-order valence-corrected chi connectivity index (χ1v) is 6.06. The predicted octanol–water partition coefficient (Wildman–Crippen LogP) is 2.18. The third-order valence-electron chi connectivity index (χ3n) is 2.81. The van der Waals surface area contributed by atoms with Crippen LogP contribution in [0.25, 0.3) is 0 Å². The highest BCUT2D eigenvalue weighted by molar-refractivity contribution is 5.66. The Morgan fingerprint density at radius 1 is 1.16 bits per heavy atom. The van der Waals surface area contributed by atoms with E-state index in [0.29, 0.717) is 23.9 Å². The molecule has 1 heterocycles.